The van der Waals surface area contributed by atoms with Crippen LogP contribution in [-0.2, 0) is 9.59 Å². The molecule has 162 valence electrons. The molecule has 6 nitrogen and oxygen atoms in total. The first-order valence-corrected chi connectivity index (χ1v) is 10.7. The zero-order chi connectivity index (χ0) is 22.3. The standard InChI is InChI=1S/C23H29BrN2O4/c1-6-14(2)18-8-10-21(20(24)12-18)29-13-22(27)25-26-23(28)17(5)30-19-9-7-15(3)16(4)11-19/h7-12,14,17H,6,13H2,1-5H3,(H,25,27)(H,26,28). The zero-order valence-corrected chi connectivity index (χ0v) is 19.6. The van der Waals surface area contributed by atoms with Crippen molar-refractivity contribution in [2.24, 2.45) is 0 Å². The Morgan fingerprint density at radius 2 is 1.77 bits per heavy atom. The number of halogens is 1. The second-order valence-corrected chi connectivity index (χ2v) is 8.19. The third-order valence-electron chi connectivity index (χ3n) is 4.98. The van der Waals surface area contributed by atoms with Crippen molar-refractivity contribution in [3.63, 3.8) is 0 Å². The van der Waals surface area contributed by atoms with Crippen molar-refractivity contribution >= 4 is 27.7 Å². The second kappa shape index (κ2) is 11.0. The number of rotatable bonds is 8. The lowest BCUT2D eigenvalue weighted by molar-refractivity contribution is -0.133. The first-order valence-electron chi connectivity index (χ1n) is 9.96. The smallest absolute Gasteiger partial charge is 0.279 e. The minimum Gasteiger partial charge on any atom is -0.483 e. The molecule has 2 N–H and O–H groups in total. The fourth-order valence-electron chi connectivity index (χ4n) is 2.63. The molecule has 2 amide bonds. The van der Waals surface area contributed by atoms with Crippen LogP contribution in [0.3, 0.4) is 0 Å². The quantitative estimate of drug-likeness (QED) is 0.546. The van der Waals surface area contributed by atoms with Crippen LogP contribution in [0.4, 0.5) is 0 Å². The van der Waals surface area contributed by atoms with Gasteiger partial charge in [0.25, 0.3) is 11.8 Å². The van der Waals surface area contributed by atoms with E-state index in [0.29, 0.717) is 17.4 Å². The lowest BCUT2D eigenvalue weighted by atomic mass is 9.99. The van der Waals surface area contributed by atoms with Crippen LogP contribution in [0.2, 0.25) is 0 Å². The van der Waals surface area contributed by atoms with Gasteiger partial charge in [0, 0.05) is 0 Å². The molecule has 0 aliphatic heterocycles. The second-order valence-electron chi connectivity index (χ2n) is 7.33. The van der Waals surface area contributed by atoms with Gasteiger partial charge in [-0.1, -0.05) is 26.0 Å². The van der Waals surface area contributed by atoms with Crippen molar-refractivity contribution in [2.75, 3.05) is 6.61 Å². The summed E-state index contributed by atoms with van der Waals surface area (Å²) in [5.74, 6) is 0.679. The van der Waals surface area contributed by atoms with E-state index in [-0.39, 0.29) is 6.61 Å². The lowest BCUT2D eigenvalue weighted by Gasteiger charge is -2.16. The average Bonchev–Trinajstić information content (AvgIpc) is 2.72. The van der Waals surface area contributed by atoms with Crippen molar-refractivity contribution in [1.82, 2.24) is 10.9 Å². The van der Waals surface area contributed by atoms with Crippen LogP contribution in [0.25, 0.3) is 0 Å². The maximum absolute atomic E-state index is 12.2. The molecular formula is C23H29BrN2O4. The minimum absolute atomic E-state index is 0.228. The summed E-state index contributed by atoms with van der Waals surface area (Å²) >= 11 is 3.47. The summed E-state index contributed by atoms with van der Waals surface area (Å²) in [6.45, 7) is 9.66. The van der Waals surface area contributed by atoms with Gasteiger partial charge in [-0.3, -0.25) is 20.4 Å². The lowest BCUT2D eigenvalue weighted by Crippen LogP contribution is -2.48. The van der Waals surface area contributed by atoms with Crippen molar-refractivity contribution in [3.8, 4) is 11.5 Å². The number of hydrogen-bond donors (Lipinski definition) is 2. The van der Waals surface area contributed by atoms with Crippen LogP contribution < -0.4 is 20.3 Å². The van der Waals surface area contributed by atoms with Gasteiger partial charge in [-0.25, -0.2) is 0 Å². The number of nitrogens with one attached hydrogen (secondary N) is 2. The predicted octanol–water partition coefficient (Wildman–Crippen LogP) is 4.57. The molecule has 2 rings (SSSR count). The summed E-state index contributed by atoms with van der Waals surface area (Å²) in [6.07, 6.45) is 0.274. The van der Waals surface area contributed by atoms with E-state index in [1.54, 1.807) is 6.92 Å². The predicted molar refractivity (Wildman–Crippen MR) is 121 cm³/mol. The number of ether oxygens (including phenoxy) is 2. The Hall–Kier alpha value is -2.54. The van der Waals surface area contributed by atoms with Crippen molar-refractivity contribution < 1.29 is 19.1 Å². The van der Waals surface area contributed by atoms with Gasteiger partial charge < -0.3 is 9.47 Å². The minimum atomic E-state index is -0.768. The van der Waals surface area contributed by atoms with E-state index in [9.17, 15) is 9.59 Å². The summed E-state index contributed by atoms with van der Waals surface area (Å²) in [5.41, 5.74) is 8.12. The van der Waals surface area contributed by atoms with E-state index in [0.717, 1.165) is 22.0 Å². The van der Waals surface area contributed by atoms with Gasteiger partial charge in [-0.2, -0.15) is 0 Å². The van der Waals surface area contributed by atoms with Gasteiger partial charge in [-0.05, 0) is 90.0 Å². The molecule has 0 heterocycles. The molecule has 0 saturated heterocycles. The SMILES string of the molecule is CCC(C)c1ccc(OCC(=O)NNC(=O)C(C)Oc2ccc(C)c(C)c2)c(Br)c1. The van der Waals surface area contributed by atoms with Crippen LogP contribution in [0.5, 0.6) is 11.5 Å². The van der Waals surface area contributed by atoms with Crippen LogP contribution in [-0.4, -0.2) is 24.5 Å². The number of hydrazine groups is 1. The number of benzene rings is 2. The number of carbonyl (C=O) groups excluding carboxylic acids is 2. The summed E-state index contributed by atoms with van der Waals surface area (Å²) in [7, 11) is 0. The van der Waals surface area contributed by atoms with E-state index >= 15 is 0 Å². The van der Waals surface area contributed by atoms with E-state index in [1.165, 1.54) is 5.56 Å². The molecule has 2 unspecified atom stereocenters. The molecule has 2 aromatic carbocycles. The Kier molecular flexibility index (Phi) is 8.72. The largest absolute Gasteiger partial charge is 0.483 e. The highest BCUT2D eigenvalue weighted by molar-refractivity contribution is 9.10. The van der Waals surface area contributed by atoms with Gasteiger partial charge in [0.1, 0.15) is 11.5 Å². The Bertz CT molecular complexity index is 901. The highest BCUT2D eigenvalue weighted by Crippen LogP contribution is 2.30. The molecule has 0 aromatic heterocycles. The first kappa shape index (κ1) is 23.7. The highest BCUT2D eigenvalue weighted by Gasteiger charge is 2.16. The molecule has 0 saturated carbocycles. The third kappa shape index (κ3) is 6.76. The fraction of sp³-hybridized carbons (Fsp3) is 0.391. The van der Waals surface area contributed by atoms with Crippen molar-refractivity contribution in [2.45, 2.75) is 53.1 Å². The molecule has 0 bridgehead atoms. The summed E-state index contributed by atoms with van der Waals surface area (Å²) in [4.78, 5) is 24.2. The van der Waals surface area contributed by atoms with Crippen LogP contribution in [0, 0.1) is 13.8 Å². The number of amides is 2. The maximum Gasteiger partial charge on any atom is 0.279 e. The fourth-order valence-corrected chi connectivity index (χ4v) is 3.14. The van der Waals surface area contributed by atoms with Gasteiger partial charge in [0.2, 0.25) is 0 Å². The van der Waals surface area contributed by atoms with E-state index < -0.39 is 17.9 Å². The topological polar surface area (TPSA) is 76.7 Å². The molecular weight excluding hydrogens is 448 g/mol. The molecule has 7 heteroatoms. The van der Waals surface area contributed by atoms with Crippen molar-refractivity contribution in [3.05, 3.63) is 57.6 Å². The number of aryl methyl sites for hydroxylation is 2. The van der Waals surface area contributed by atoms with Gasteiger partial charge in [-0.15, -0.1) is 0 Å². The third-order valence-corrected chi connectivity index (χ3v) is 5.60. The van der Waals surface area contributed by atoms with Gasteiger partial charge in [0.15, 0.2) is 12.7 Å². The van der Waals surface area contributed by atoms with Crippen molar-refractivity contribution in [1.29, 1.82) is 0 Å². The van der Waals surface area contributed by atoms with E-state index in [2.05, 4.69) is 40.6 Å². The number of carbonyl (C=O) groups is 2. The van der Waals surface area contributed by atoms with Crippen LogP contribution >= 0.6 is 15.9 Å². The van der Waals surface area contributed by atoms with Gasteiger partial charge in [0.05, 0.1) is 4.47 Å². The maximum atomic E-state index is 12.2. The Labute approximate surface area is 186 Å². The normalized spacial score (nSPS) is 12.6. The van der Waals surface area contributed by atoms with Gasteiger partial charge >= 0.3 is 0 Å². The molecule has 0 aliphatic rings. The van der Waals surface area contributed by atoms with E-state index in [1.807, 2.05) is 50.2 Å². The first-order chi connectivity index (χ1) is 14.2. The van der Waals surface area contributed by atoms with E-state index in [4.69, 9.17) is 9.47 Å². The monoisotopic (exact) mass is 476 g/mol. The molecule has 2 atom stereocenters. The molecule has 0 spiro atoms. The molecule has 2 aromatic rings. The van der Waals surface area contributed by atoms with Crippen LogP contribution in [0.15, 0.2) is 40.9 Å². The zero-order valence-electron chi connectivity index (χ0n) is 18.0. The Morgan fingerprint density at radius 3 is 2.40 bits per heavy atom. The Morgan fingerprint density at radius 1 is 1.03 bits per heavy atom. The summed E-state index contributed by atoms with van der Waals surface area (Å²) < 4.78 is 12.0. The highest BCUT2D eigenvalue weighted by atomic mass is 79.9. The van der Waals surface area contributed by atoms with Crippen LogP contribution in [0.1, 0.15) is 49.8 Å². The molecule has 0 radical (unpaired) electrons. The molecule has 30 heavy (non-hydrogen) atoms. The average molecular weight is 477 g/mol. The number of hydrogen-bond acceptors (Lipinski definition) is 4. The molecule has 0 aliphatic carbocycles. The summed E-state index contributed by atoms with van der Waals surface area (Å²) in [5, 5.41) is 0. The summed E-state index contributed by atoms with van der Waals surface area (Å²) in [6, 6.07) is 11.4. The Balaban J connectivity index is 1.79. The molecule has 0 fully saturated rings.